The van der Waals surface area contributed by atoms with Gasteiger partial charge in [0.15, 0.2) is 9.84 Å². The summed E-state index contributed by atoms with van der Waals surface area (Å²) in [5.41, 5.74) is 1.01. The number of rotatable bonds is 5. The Balaban J connectivity index is 1.24. The molecule has 33 heavy (non-hydrogen) atoms. The lowest BCUT2D eigenvalue weighted by molar-refractivity contribution is -0.161. The Kier molecular flexibility index (Phi) is 5.53. The van der Waals surface area contributed by atoms with Gasteiger partial charge >= 0.3 is 0 Å². The molecule has 1 heterocycles. The highest BCUT2D eigenvalue weighted by Gasteiger charge is 2.45. The van der Waals surface area contributed by atoms with Crippen molar-refractivity contribution in [3.8, 4) is 11.1 Å². The van der Waals surface area contributed by atoms with Crippen LogP contribution in [0, 0.1) is 0 Å². The Bertz CT molecular complexity index is 1180. The highest BCUT2D eigenvalue weighted by atomic mass is 32.2. The van der Waals surface area contributed by atoms with E-state index < -0.39 is 15.4 Å². The predicted molar refractivity (Wildman–Crippen MR) is 123 cm³/mol. The number of piperazine rings is 1. The predicted octanol–water partition coefficient (Wildman–Crippen LogP) is 2.49. The van der Waals surface area contributed by atoms with Gasteiger partial charge in [-0.2, -0.15) is 0 Å². The summed E-state index contributed by atoms with van der Waals surface area (Å²) >= 11 is 0. The standard InChI is InChI=1S/C25H28N2O5S/c28-23(26-13-15-27(16-14-26)24(29)25(30)11-2-12-25)19-7-5-18(6-8-19)20-3-1-4-22(17-20)33(31,32)21-9-10-21/h1,3-8,17,21,30H,2,9-16H2. The maximum atomic E-state index is 12.9. The molecule has 2 aromatic carbocycles. The fraction of sp³-hybridized carbons (Fsp3) is 0.440. The molecule has 1 saturated heterocycles. The Labute approximate surface area is 193 Å². The Hall–Kier alpha value is -2.71. The van der Waals surface area contributed by atoms with Crippen molar-refractivity contribution >= 4 is 21.7 Å². The zero-order valence-electron chi connectivity index (χ0n) is 18.4. The molecule has 0 atom stereocenters. The van der Waals surface area contributed by atoms with E-state index in [0.29, 0.717) is 49.5 Å². The number of hydrogen-bond donors (Lipinski definition) is 1. The number of carbonyl (C=O) groups is 2. The highest BCUT2D eigenvalue weighted by molar-refractivity contribution is 7.92. The molecule has 2 amide bonds. The largest absolute Gasteiger partial charge is 0.380 e. The molecule has 2 aromatic rings. The number of aliphatic hydroxyl groups is 1. The van der Waals surface area contributed by atoms with Crippen LogP contribution in [0.5, 0.6) is 0 Å². The van der Waals surface area contributed by atoms with Crippen LogP contribution in [0.4, 0.5) is 0 Å². The second kappa shape index (κ2) is 8.25. The summed E-state index contributed by atoms with van der Waals surface area (Å²) in [6.07, 6.45) is 3.37. The van der Waals surface area contributed by atoms with Crippen LogP contribution < -0.4 is 0 Å². The number of nitrogens with zero attached hydrogens (tertiary/aromatic N) is 2. The maximum absolute atomic E-state index is 12.9. The first-order valence-corrected chi connectivity index (χ1v) is 13.1. The second-order valence-electron chi connectivity index (χ2n) is 9.32. The van der Waals surface area contributed by atoms with Gasteiger partial charge < -0.3 is 14.9 Å². The molecular formula is C25H28N2O5S. The fourth-order valence-corrected chi connectivity index (χ4v) is 6.24. The minimum Gasteiger partial charge on any atom is -0.380 e. The number of amides is 2. The summed E-state index contributed by atoms with van der Waals surface area (Å²) in [6.45, 7) is 1.72. The lowest BCUT2D eigenvalue weighted by atomic mass is 9.79. The maximum Gasteiger partial charge on any atom is 0.254 e. The normalized spacial score (nSPS) is 20.3. The quantitative estimate of drug-likeness (QED) is 0.728. The van der Waals surface area contributed by atoms with Gasteiger partial charge in [-0.15, -0.1) is 0 Å². The smallest absolute Gasteiger partial charge is 0.254 e. The third-order valence-electron chi connectivity index (χ3n) is 7.02. The first-order chi connectivity index (χ1) is 15.8. The average Bonchev–Trinajstić information content (AvgIpc) is 3.68. The molecule has 8 heteroatoms. The van der Waals surface area contributed by atoms with Crippen molar-refractivity contribution in [3.63, 3.8) is 0 Å². The van der Waals surface area contributed by atoms with Crippen LogP contribution in [0.2, 0.25) is 0 Å². The molecule has 0 unspecified atom stereocenters. The summed E-state index contributed by atoms with van der Waals surface area (Å²) in [4.78, 5) is 29.2. The topological polar surface area (TPSA) is 95.0 Å². The molecule has 2 saturated carbocycles. The monoisotopic (exact) mass is 468 g/mol. The lowest BCUT2D eigenvalue weighted by Crippen LogP contribution is -2.58. The first kappa shape index (κ1) is 22.1. The molecular weight excluding hydrogens is 440 g/mol. The molecule has 0 radical (unpaired) electrons. The Morgan fingerprint density at radius 3 is 2.09 bits per heavy atom. The van der Waals surface area contributed by atoms with Crippen molar-refractivity contribution < 1.29 is 23.1 Å². The molecule has 3 fully saturated rings. The summed E-state index contributed by atoms with van der Waals surface area (Å²) in [7, 11) is -3.25. The molecule has 0 aromatic heterocycles. The Morgan fingerprint density at radius 2 is 1.52 bits per heavy atom. The van der Waals surface area contributed by atoms with Crippen LogP contribution >= 0.6 is 0 Å². The molecule has 7 nitrogen and oxygen atoms in total. The fourth-order valence-electron chi connectivity index (χ4n) is 4.54. The summed E-state index contributed by atoms with van der Waals surface area (Å²) in [5.74, 6) is -0.308. The van der Waals surface area contributed by atoms with Gasteiger partial charge in [0.05, 0.1) is 10.1 Å². The van der Waals surface area contributed by atoms with Crippen molar-refractivity contribution in [1.82, 2.24) is 9.80 Å². The van der Waals surface area contributed by atoms with Crippen molar-refractivity contribution in [2.24, 2.45) is 0 Å². The molecule has 0 bridgehead atoms. The van der Waals surface area contributed by atoms with E-state index in [4.69, 9.17) is 0 Å². The van der Waals surface area contributed by atoms with Crippen LogP contribution in [-0.2, 0) is 14.6 Å². The van der Waals surface area contributed by atoms with Crippen LogP contribution in [0.3, 0.4) is 0 Å². The van der Waals surface area contributed by atoms with Crippen molar-refractivity contribution in [2.45, 2.75) is 47.9 Å². The minimum absolute atomic E-state index is 0.0962. The van der Waals surface area contributed by atoms with E-state index in [0.717, 1.165) is 30.4 Å². The lowest BCUT2D eigenvalue weighted by Gasteiger charge is -2.42. The van der Waals surface area contributed by atoms with Gasteiger partial charge in [-0.25, -0.2) is 8.42 Å². The molecule has 1 N–H and O–H groups in total. The van der Waals surface area contributed by atoms with E-state index >= 15 is 0 Å². The summed E-state index contributed by atoms with van der Waals surface area (Å²) in [6, 6.07) is 14.2. The number of benzene rings is 2. The van der Waals surface area contributed by atoms with Gasteiger partial charge in [-0.05, 0) is 67.5 Å². The second-order valence-corrected chi connectivity index (χ2v) is 11.5. The Morgan fingerprint density at radius 1 is 0.879 bits per heavy atom. The van der Waals surface area contributed by atoms with Crippen molar-refractivity contribution in [2.75, 3.05) is 26.2 Å². The van der Waals surface area contributed by atoms with E-state index in [1.807, 2.05) is 18.2 Å². The van der Waals surface area contributed by atoms with Crippen LogP contribution in [-0.4, -0.2) is 72.2 Å². The van der Waals surface area contributed by atoms with E-state index in [9.17, 15) is 23.1 Å². The minimum atomic E-state index is -3.25. The van der Waals surface area contributed by atoms with Crippen LogP contribution in [0.25, 0.3) is 11.1 Å². The molecule has 1 aliphatic heterocycles. The first-order valence-electron chi connectivity index (χ1n) is 11.5. The molecule has 174 valence electrons. The van der Waals surface area contributed by atoms with Gasteiger partial charge in [0.2, 0.25) is 0 Å². The summed E-state index contributed by atoms with van der Waals surface area (Å²) in [5, 5.41) is 10.0. The van der Waals surface area contributed by atoms with Crippen molar-refractivity contribution in [3.05, 3.63) is 54.1 Å². The highest BCUT2D eigenvalue weighted by Crippen LogP contribution is 2.35. The van der Waals surface area contributed by atoms with E-state index in [1.54, 1.807) is 40.1 Å². The van der Waals surface area contributed by atoms with Gasteiger partial charge in [-0.3, -0.25) is 9.59 Å². The number of sulfone groups is 1. The molecule has 5 rings (SSSR count). The zero-order chi connectivity index (χ0) is 23.2. The van der Waals surface area contributed by atoms with Gasteiger partial charge in [0, 0.05) is 31.7 Å². The summed E-state index contributed by atoms with van der Waals surface area (Å²) < 4.78 is 25.1. The van der Waals surface area contributed by atoms with E-state index in [1.165, 1.54) is 0 Å². The van der Waals surface area contributed by atoms with Crippen molar-refractivity contribution in [1.29, 1.82) is 0 Å². The van der Waals surface area contributed by atoms with Gasteiger partial charge in [-0.1, -0.05) is 24.3 Å². The SMILES string of the molecule is O=C(c1ccc(-c2cccc(S(=O)(=O)C3CC3)c2)cc1)N1CCN(C(=O)C2(O)CCC2)CC1. The van der Waals surface area contributed by atoms with Gasteiger partial charge in [0.25, 0.3) is 11.8 Å². The molecule has 3 aliphatic rings. The van der Waals surface area contributed by atoms with Crippen LogP contribution in [0.1, 0.15) is 42.5 Å². The van der Waals surface area contributed by atoms with Crippen LogP contribution in [0.15, 0.2) is 53.4 Å². The molecule has 0 spiro atoms. The average molecular weight is 469 g/mol. The van der Waals surface area contributed by atoms with Gasteiger partial charge in [0.1, 0.15) is 5.60 Å². The number of carbonyl (C=O) groups excluding carboxylic acids is 2. The molecule has 2 aliphatic carbocycles. The van der Waals surface area contributed by atoms with E-state index in [2.05, 4.69) is 0 Å². The van der Waals surface area contributed by atoms with E-state index in [-0.39, 0.29) is 17.1 Å². The number of hydrogen-bond acceptors (Lipinski definition) is 5. The third kappa shape index (κ3) is 4.17. The zero-order valence-corrected chi connectivity index (χ0v) is 19.3. The third-order valence-corrected chi connectivity index (χ3v) is 9.28.